The summed E-state index contributed by atoms with van der Waals surface area (Å²) in [7, 11) is 1.66. The lowest BCUT2D eigenvalue weighted by Gasteiger charge is -2.15. The van der Waals surface area contributed by atoms with E-state index >= 15 is 0 Å². The minimum Gasteiger partial charge on any atom is -0.497 e. The van der Waals surface area contributed by atoms with Crippen LogP contribution in [0.3, 0.4) is 0 Å². The first-order valence-electron chi connectivity index (χ1n) is 9.91. The van der Waals surface area contributed by atoms with Crippen LogP contribution in [0.2, 0.25) is 0 Å². The maximum atomic E-state index is 12.1. The topological polar surface area (TPSA) is 75.3 Å². The van der Waals surface area contributed by atoms with Gasteiger partial charge in [-0.25, -0.2) is 9.78 Å². The summed E-state index contributed by atoms with van der Waals surface area (Å²) in [6.45, 7) is 3.14. The highest BCUT2D eigenvalue weighted by Gasteiger charge is 2.07. The molecule has 0 aliphatic heterocycles. The van der Waals surface area contributed by atoms with Crippen molar-refractivity contribution in [1.82, 2.24) is 15.6 Å². The molecule has 6 nitrogen and oxygen atoms in total. The van der Waals surface area contributed by atoms with Gasteiger partial charge in [0, 0.05) is 24.5 Å². The highest BCUT2D eigenvalue weighted by Crippen LogP contribution is 2.14. The van der Waals surface area contributed by atoms with Crippen molar-refractivity contribution in [2.75, 3.05) is 25.5 Å². The molecule has 0 bridgehead atoms. The maximum absolute atomic E-state index is 12.1. The van der Waals surface area contributed by atoms with Gasteiger partial charge in [0.2, 0.25) is 0 Å². The lowest BCUT2D eigenvalue weighted by atomic mass is 10.1. The number of hydrogen-bond acceptors (Lipinski definition) is 4. The van der Waals surface area contributed by atoms with Crippen LogP contribution >= 0.6 is 0 Å². The molecule has 0 radical (unpaired) electrons. The number of fused-ring (bicyclic) bond motifs is 1. The van der Waals surface area contributed by atoms with Crippen LogP contribution in [0.1, 0.15) is 18.9 Å². The minimum absolute atomic E-state index is 0.0900. The Kier molecular flexibility index (Phi) is 7.28. The molecular weight excluding hydrogens is 364 g/mol. The van der Waals surface area contributed by atoms with Crippen molar-refractivity contribution in [1.29, 1.82) is 0 Å². The molecule has 0 aliphatic carbocycles. The number of aryl methyl sites for hydroxylation is 1. The fourth-order valence-electron chi connectivity index (χ4n) is 3.05. The van der Waals surface area contributed by atoms with Gasteiger partial charge in [0.15, 0.2) is 0 Å². The summed E-state index contributed by atoms with van der Waals surface area (Å²) in [5.41, 5.74) is 2.18. The lowest BCUT2D eigenvalue weighted by molar-refractivity contribution is 0.237. The number of nitrogens with zero attached hydrogens (tertiary/aromatic N) is 1. The molecule has 0 fully saturated rings. The monoisotopic (exact) mass is 392 g/mol. The fourth-order valence-corrected chi connectivity index (χ4v) is 3.05. The first-order valence-corrected chi connectivity index (χ1v) is 9.91. The normalized spacial score (nSPS) is 11.7. The van der Waals surface area contributed by atoms with E-state index in [1.807, 2.05) is 55.5 Å². The molecule has 29 heavy (non-hydrogen) atoms. The van der Waals surface area contributed by atoms with Crippen LogP contribution in [0.15, 0.2) is 60.7 Å². The quantitative estimate of drug-likeness (QED) is 0.482. The number of carbonyl (C=O) groups excluding carboxylic acids is 1. The number of amides is 2. The van der Waals surface area contributed by atoms with E-state index in [1.54, 1.807) is 7.11 Å². The van der Waals surface area contributed by atoms with Gasteiger partial charge in [-0.15, -0.1) is 0 Å². The van der Waals surface area contributed by atoms with Crippen molar-refractivity contribution in [3.05, 3.63) is 66.2 Å². The minimum atomic E-state index is -0.152. The van der Waals surface area contributed by atoms with Gasteiger partial charge < -0.3 is 20.7 Å². The first-order chi connectivity index (χ1) is 14.1. The molecule has 0 saturated heterocycles. The standard InChI is InChI=1S/C23H28N4O2/c1-17(7-8-18-9-12-20(29-2)13-10-18)26-23(28)25-16-15-24-22-14-11-19-5-3-4-6-21(19)27-22/h3-6,9-14,17H,7-8,15-16H2,1-2H3,(H,24,27)(H2,25,26,28). The van der Waals surface area contributed by atoms with Crippen LogP contribution in [0.25, 0.3) is 10.9 Å². The summed E-state index contributed by atoms with van der Waals surface area (Å²) in [5, 5.41) is 10.2. The van der Waals surface area contributed by atoms with Crippen LogP contribution in [-0.4, -0.2) is 37.3 Å². The predicted octanol–water partition coefficient (Wildman–Crippen LogP) is 3.98. The highest BCUT2D eigenvalue weighted by atomic mass is 16.5. The summed E-state index contributed by atoms with van der Waals surface area (Å²) in [6, 6.07) is 19.9. The third kappa shape index (κ3) is 6.38. The zero-order valence-corrected chi connectivity index (χ0v) is 16.9. The van der Waals surface area contributed by atoms with Crippen molar-refractivity contribution in [2.24, 2.45) is 0 Å². The van der Waals surface area contributed by atoms with E-state index in [9.17, 15) is 4.79 Å². The fraction of sp³-hybridized carbons (Fsp3) is 0.304. The average Bonchev–Trinajstić information content (AvgIpc) is 2.75. The Labute approximate surface area is 171 Å². The Balaban J connectivity index is 1.33. The van der Waals surface area contributed by atoms with E-state index in [2.05, 4.69) is 33.1 Å². The molecule has 2 amide bonds. The summed E-state index contributed by atoms with van der Waals surface area (Å²) in [5.74, 6) is 1.66. The number of hydrogen-bond donors (Lipinski definition) is 3. The number of rotatable bonds is 9. The number of pyridine rings is 1. The van der Waals surface area contributed by atoms with E-state index in [0.717, 1.165) is 35.3 Å². The van der Waals surface area contributed by atoms with Crippen molar-refractivity contribution in [3.8, 4) is 5.75 Å². The van der Waals surface area contributed by atoms with Crippen LogP contribution < -0.4 is 20.7 Å². The molecule has 0 aliphatic rings. The van der Waals surface area contributed by atoms with Crippen molar-refractivity contribution < 1.29 is 9.53 Å². The van der Waals surface area contributed by atoms with Gasteiger partial charge in [-0.2, -0.15) is 0 Å². The number of urea groups is 1. The molecule has 1 unspecified atom stereocenters. The van der Waals surface area contributed by atoms with Crippen molar-refractivity contribution in [3.63, 3.8) is 0 Å². The third-order valence-corrected chi connectivity index (χ3v) is 4.72. The van der Waals surface area contributed by atoms with Gasteiger partial charge >= 0.3 is 6.03 Å². The molecule has 152 valence electrons. The second-order valence-corrected chi connectivity index (χ2v) is 7.00. The number of aromatic nitrogens is 1. The van der Waals surface area contributed by atoms with Crippen LogP contribution in [0, 0.1) is 0 Å². The summed E-state index contributed by atoms with van der Waals surface area (Å²) < 4.78 is 5.17. The highest BCUT2D eigenvalue weighted by molar-refractivity contribution is 5.80. The number of methoxy groups -OCH3 is 1. The smallest absolute Gasteiger partial charge is 0.315 e. The molecule has 3 rings (SSSR count). The molecule has 0 saturated carbocycles. The number of ether oxygens (including phenoxy) is 1. The van der Waals surface area contributed by atoms with E-state index in [0.29, 0.717) is 13.1 Å². The van der Waals surface area contributed by atoms with E-state index < -0.39 is 0 Å². The van der Waals surface area contributed by atoms with Gasteiger partial charge in [0.25, 0.3) is 0 Å². The number of anilines is 1. The molecule has 1 heterocycles. The van der Waals surface area contributed by atoms with Crippen molar-refractivity contribution in [2.45, 2.75) is 25.8 Å². The molecule has 1 atom stereocenters. The Morgan fingerprint density at radius 2 is 1.83 bits per heavy atom. The van der Waals surface area contributed by atoms with Gasteiger partial charge in [0.1, 0.15) is 11.6 Å². The van der Waals surface area contributed by atoms with Gasteiger partial charge in [-0.3, -0.25) is 0 Å². The first kappa shape index (κ1) is 20.5. The molecule has 1 aromatic heterocycles. The SMILES string of the molecule is COc1ccc(CCC(C)NC(=O)NCCNc2ccc3ccccc3n2)cc1. The second-order valence-electron chi connectivity index (χ2n) is 7.00. The molecule has 3 aromatic rings. The van der Waals surface area contributed by atoms with Gasteiger partial charge in [-0.05, 0) is 55.7 Å². The summed E-state index contributed by atoms with van der Waals surface area (Å²) >= 11 is 0. The Bertz CT molecular complexity index is 928. The molecule has 6 heteroatoms. The van der Waals surface area contributed by atoms with Crippen LogP contribution in [0.5, 0.6) is 5.75 Å². The lowest BCUT2D eigenvalue weighted by Crippen LogP contribution is -2.42. The second kappa shape index (κ2) is 10.3. The van der Waals surface area contributed by atoms with E-state index in [4.69, 9.17) is 4.74 Å². The Morgan fingerprint density at radius 1 is 1.03 bits per heavy atom. The maximum Gasteiger partial charge on any atom is 0.315 e. The zero-order chi connectivity index (χ0) is 20.5. The zero-order valence-electron chi connectivity index (χ0n) is 16.9. The Morgan fingerprint density at radius 3 is 2.62 bits per heavy atom. The molecule has 0 spiro atoms. The van der Waals surface area contributed by atoms with Gasteiger partial charge in [-0.1, -0.05) is 30.3 Å². The number of benzene rings is 2. The van der Waals surface area contributed by atoms with Gasteiger partial charge in [0.05, 0.1) is 12.6 Å². The van der Waals surface area contributed by atoms with E-state index in [-0.39, 0.29) is 12.1 Å². The number of carbonyl (C=O) groups is 1. The largest absolute Gasteiger partial charge is 0.497 e. The van der Waals surface area contributed by atoms with Crippen LogP contribution in [0.4, 0.5) is 10.6 Å². The molecular formula is C23H28N4O2. The number of nitrogens with one attached hydrogen (secondary N) is 3. The Hall–Kier alpha value is -3.28. The third-order valence-electron chi connectivity index (χ3n) is 4.72. The van der Waals surface area contributed by atoms with E-state index in [1.165, 1.54) is 5.56 Å². The number of para-hydroxylation sites is 1. The average molecular weight is 393 g/mol. The van der Waals surface area contributed by atoms with Crippen LogP contribution in [-0.2, 0) is 6.42 Å². The molecule has 2 aromatic carbocycles. The summed E-state index contributed by atoms with van der Waals surface area (Å²) in [4.78, 5) is 16.6. The molecule has 3 N–H and O–H groups in total. The predicted molar refractivity (Wildman–Crippen MR) is 118 cm³/mol. The van der Waals surface area contributed by atoms with Crippen molar-refractivity contribution >= 4 is 22.8 Å². The summed E-state index contributed by atoms with van der Waals surface area (Å²) in [6.07, 6.45) is 1.78.